The van der Waals surface area contributed by atoms with Gasteiger partial charge in [0.15, 0.2) is 6.73 Å². The highest BCUT2D eigenvalue weighted by molar-refractivity contribution is 5.94. The van der Waals surface area contributed by atoms with E-state index in [1.807, 2.05) is 30.3 Å². The van der Waals surface area contributed by atoms with E-state index in [0.29, 0.717) is 5.56 Å². The highest BCUT2D eigenvalue weighted by atomic mass is 16.5. The molecule has 0 radical (unpaired) electrons. The first-order chi connectivity index (χ1) is 12.1. The third-order valence-electron chi connectivity index (χ3n) is 3.65. The van der Waals surface area contributed by atoms with Crippen LogP contribution in [0.25, 0.3) is 11.0 Å². The molecule has 7 nitrogen and oxygen atoms in total. The first-order valence-corrected chi connectivity index (χ1v) is 7.93. The summed E-state index contributed by atoms with van der Waals surface area (Å²) < 4.78 is 6.74. The van der Waals surface area contributed by atoms with Gasteiger partial charge in [-0.1, -0.05) is 35.5 Å². The highest BCUT2D eigenvalue weighted by Crippen LogP contribution is 2.10. The molecule has 0 saturated heterocycles. The zero-order chi connectivity index (χ0) is 17.6. The SMILES string of the molecule is C[C@@H](CC(=O)OCn1nnc2ccccc21)NC(=O)c1ccccc1. The summed E-state index contributed by atoms with van der Waals surface area (Å²) in [6, 6.07) is 15.9. The molecule has 7 heteroatoms. The summed E-state index contributed by atoms with van der Waals surface area (Å²) in [7, 11) is 0. The van der Waals surface area contributed by atoms with Gasteiger partial charge in [-0.25, -0.2) is 4.68 Å². The quantitative estimate of drug-likeness (QED) is 0.696. The summed E-state index contributed by atoms with van der Waals surface area (Å²) in [6.07, 6.45) is 0.0746. The lowest BCUT2D eigenvalue weighted by Gasteiger charge is -2.13. The van der Waals surface area contributed by atoms with Crippen LogP contribution in [0, 0.1) is 0 Å². The summed E-state index contributed by atoms with van der Waals surface area (Å²) in [5, 5.41) is 10.7. The summed E-state index contributed by atoms with van der Waals surface area (Å²) in [6.45, 7) is 1.74. The van der Waals surface area contributed by atoms with Gasteiger partial charge in [0.1, 0.15) is 5.52 Å². The minimum Gasteiger partial charge on any atom is -0.442 e. The van der Waals surface area contributed by atoms with Gasteiger partial charge < -0.3 is 10.1 Å². The molecule has 1 aromatic heterocycles. The van der Waals surface area contributed by atoms with Gasteiger partial charge in [-0.15, -0.1) is 5.10 Å². The van der Waals surface area contributed by atoms with E-state index in [0.717, 1.165) is 11.0 Å². The maximum atomic E-state index is 12.0. The number of nitrogens with zero attached hydrogens (tertiary/aromatic N) is 3. The molecule has 0 saturated carbocycles. The Hall–Kier alpha value is -3.22. The van der Waals surface area contributed by atoms with Gasteiger partial charge in [-0.3, -0.25) is 9.59 Å². The van der Waals surface area contributed by atoms with Crippen LogP contribution in [0.4, 0.5) is 0 Å². The Balaban J connectivity index is 1.49. The molecule has 1 heterocycles. The van der Waals surface area contributed by atoms with Gasteiger partial charge in [0.2, 0.25) is 0 Å². The molecule has 1 atom stereocenters. The molecule has 3 aromatic rings. The van der Waals surface area contributed by atoms with E-state index in [-0.39, 0.29) is 25.1 Å². The molecule has 1 amide bonds. The minimum atomic E-state index is -0.416. The molecular formula is C18H18N4O3. The van der Waals surface area contributed by atoms with E-state index >= 15 is 0 Å². The molecule has 0 unspecified atom stereocenters. The van der Waals surface area contributed by atoms with Crippen LogP contribution in [-0.4, -0.2) is 32.9 Å². The third-order valence-corrected chi connectivity index (χ3v) is 3.65. The zero-order valence-electron chi connectivity index (χ0n) is 13.8. The largest absolute Gasteiger partial charge is 0.442 e. The fourth-order valence-corrected chi connectivity index (χ4v) is 2.40. The number of carbonyl (C=O) groups excluding carboxylic acids is 2. The molecule has 0 aliphatic rings. The number of carbonyl (C=O) groups is 2. The number of rotatable bonds is 6. The second kappa shape index (κ2) is 7.57. The number of hydrogen-bond donors (Lipinski definition) is 1. The van der Waals surface area contributed by atoms with Crippen molar-refractivity contribution in [3.05, 3.63) is 60.2 Å². The predicted molar refractivity (Wildman–Crippen MR) is 91.6 cm³/mol. The number of aromatic nitrogens is 3. The van der Waals surface area contributed by atoms with Gasteiger partial charge >= 0.3 is 5.97 Å². The summed E-state index contributed by atoms with van der Waals surface area (Å²) >= 11 is 0. The van der Waals surface area contributed by atoms with E-state index in [4.69, 9.17) is 4.74 Å². The number of hydrogen-bond acceptors (Lipinski definition) is 5. The van der Waals surface area contributed by atoms with E-state index in [9.17, 15) is 9.59 Å². The van der Waals surface area contributed by atoms with E-state index in [1.54, 1.807) is 31.2 Å². The first-order valence-electron chi connectivity index (χ1n) is 7.93. The van der Waals surface area contributed by atoms with Crippen LogP contribution in [-0.2, 0) is 16.3 Å². The van der Waals surface area contributed by atoms with Crippen molar-refractivity contribution in [2.75, 3.05) is 0 Å². The molecule has 0 aliphatic carbocycles. The molecule has 0 bridgehead atoms. The van der Waals surface area contributed by atoms with Crippen LogP contribution in [0.15, 0.2) is 54.6 Å². The van der Waals surface area contributed by atoms with Crippen molar-refractivity contribution in [2.24, 2.45) is 0 Å². The number of fused-ring (bicyclic) bond motifs is 1. The van der Waals surface area contributed by atoms with Crippen molar-refractivity contribution in [3.63, 3.8) is 0 Å². The van der Waals surface area contributed by atoms with Crippen LogP contribution in [0.3, 0.4) is 0 Å². The van der Waals surface area contributed by atoms with Gasteiger partial charge in [0.25, 0.3) is 5.91 Å². The third kappa shape index (κ3) is 4.20. The molecule has 0 fully saturated rings. The molecule has 1 N–H and O–H groups in total. The Morgan fingerprint density at radius 2 is 1.84 bits per heavy atom. The predicted octanol–water partition coefficient (Wildman–Crippen LogP) is 2.14. The topological polar surface area (TPSA) is 86.1 Å². The molecule has 25 heavy (non-hydrogen) atoms. The molecule has 3 rings (SSSR count). The standard InChI is InChI=1S/C18H18N4O3/c1-13(19-18(24)14-7-3-2-4-8-14)11-17(23)25-12-22-16-10-6-5-9-15(16)20-21-22/h2-10,13H,11-12H2,1H3,(H,19,24)/t13-/m0/s1. The maximum Gasteiger partial charge on any atom is 0.309 e. The summed E-state index contributed by atoms with van der Waals surface area (Å²) in [5.41, 5.74) is 2.08. The fourth-order valence-electron chi connectivity index (χ4n) is 2.40. The normalized spacial score (nSPS) is 11.9. The highest BCUT2D eigenvalue weighted by Gasteiger charge is 2.14. The van der Waals surface area contributed by atoms with Crippen LogP contribution in [0.1, 0.15) is 23.7 Å². The number of esters is 1. The van der Waals surface area contributed by atoms with Crippen molar-refractivity contribution < 1.29 is 14.3 Å². The first kappa shape index (κ1) is 16.6. The number of benzene rings is 2. The Bertz CT molecular complexity index is 876. The van der Waals surface area contributed by atoms with Gasteiger partial charge in [-0.05, 0) is 31.2 Å². The average Bonchev–Trinajstić information content (AvgIpc) is 3.04. The van der Waals surface area contributed by atoms with Crippen molar-refractivity contribution in [1.29, 1.82) is 0 Å². The second-order valence-electron chi connectivity index (χ2n) is 5.67. The number of amides is 1. The minimum absolute atomic E-state index is 0.0152. The maximum absolute atomic E-state index is 12.0. The molecule has 0 aliphatic heterocycles. The van der Waals surface area contributed by atoms with Crippen LogP contribution < -0.4 is 5.32 Å². The summed E-state index contributed by atoms with van der Waals surface area (Å²) in [5.74, 6) is -0.636. The lowest BCUT2D eigenvalue weighted by Crippen LogP contribution is -2.34. The Morgan fingerprint density at radius 3 is 2.64 bits per heavy atom. The number of nitrogens with one attached hydrogen (secondary N) is 1. The van der Waals surface area contributed by atoms with Crippen molar-refractivity contribution >= 4 is 22.9 Å². The molecule has 0 spiro atoms. The van der Waals surface area contributed by atoms with E-state index in [1.165, 1.54) is 4.68 Å². The van der Waals surface area contributed by atoms with Crippen molar-refractivity contribution in [2.45, 2.75) is 26.1 Å². The van der Waals surface area contributed by atoms with Crippen molar-refractivity contribution in [1.82, 2.24) is 20.3 Å². The van der Waals surface area contributed by atoms with E-state index in [2.05, 4.69) is 15.6 Å². The van der Waals surface area contributed by atoms with E-state index < -0.39 is 5.97 Å². The molecular weight excluding hydrogens is 320 g/mol. The van der Waals surface area contributed by atoms with Gasteiger partial charge in [0, 0.05) is 11.6 Å². The van der Waals surface area contributed by atoms with Crippen LogP contribution in [0.2, 0.25) is 0 Å². The smallest absolute Gasteiger partial charge is 0.309 e. The number of para-hydroxylation sites is 1. The lowest BCUT2D eigenvalue weighted by atomic mass is 10.2. The molecule has 2 aromatic carbocycles. The van der Waals surface area contributed by atoms with Crippen molar-refractivity contribution in [3.8, 4) is 0 Å². The Morgan fingerprint density at radius 1 is 1.12 bits per heavy atom. The monoisotopic (exact) mass is 338 g/mol. The fraction of sp³-hybridized carbons (Fsp3) is 0.222. The second-order valence-corrected chi connectivity index (χ2v) is 5.67. The Kier molecular flexibility index (Phi) is 5.03. The number of ether oxygens (including phenoxy) is 1. The van der Waals surface area contributed by atoms with Crippen LogP contribution >= 0.6 is 0 Å². The lowest BCUT2D eigenvalue weighted by molar-refractivity contribution is -0.148. The molecule has 128 valence electrons. The Labute approximate surface area is 144 Å². The van der Waals surface area contributed by atoms with Gasteiger partial charge in [-0.2, -0.15) is 0 Å². The average molecular weight is 338 g/mol. The zero-order valence-corrected chi connectivity index (χ0v) is 13.8. The van der Waals surface area contributed by atoms with Crippen LogP contribution in [0.5, 0.6) is 0 Å². The van der Waals surface area contributed by atoms with Gasteiger partial charge in [0.05, 0.1) is 11.9 Å². The summed E-state index contributed by atoms with van der Waals surface area (Å²) in [4.78, 5) is 24.0.